The smallest absolute Gasteiger partial charge is 0.309 e. The van der Waals surface area contributed by atoms with Gasteiger partial charge in [0.25, 0.3) is 0 Å². The first-order chi connectivity index (χ1) is 15.9. The van der Waals surface area contributed by atoms with Crippen molar-refractivity contribution in [3.05, 3.63) is 60.7 Å². The van der Waals surface area contributed by atoms with Crippen LogP contribution in [0, 0.1) is 17.8 Å². The number of nitrogens with zero attached hydrogens (tertiary/aromatic N) is 2. The molecule has 33 heavy (non-hydrogen) atoms. The van der Waals surface area contributed by atoms with E-state index in [1.165, 1.54) is 23.8 Å². The van der Waals surface area contributed by atoms with E-state index in [4.69, 9.17) is 21.3 Å². The number of carbonyl (C=O) groups excluding carboxylic acids is 2. The van der Waals surface area contributed by atoms with Crippen LogP contribution in [0.15, 0.2) is 33.3 Å². The van der Waals surface area contributed by atoms with Gasteiger partial charge in [0.1, 0.15) is 0 Å². The van der Waals surface area contributed by atoms with E-state index in [0.717, 1.165) is 45.3 Å². The van der Waals surface area contributed by atoms with Crippen molar-refractivity contribution in [2.24, 2.45) is 17.8 Å². The molecule has 0 bridgehead atoms. The molecule has 2 fully saturated rings. The van der Waals surface area contributed by atoms with E-state index in [1.807, 2.05) is 17.2 Å². The first-order valence-corrected chi connectivity index (χ1v) is 13.3. The van der Waals surface area contributed by atoms with Crippen molar-refractivity contribution in [2.45, 2.75) is 38.0 Å². The summed E-state index contributed by atoms with van der Waals surface area (Å²) in [5.74, 6) is -0.117. The largest absolute Gasteiger partial charge is 0.469 e. The summed E-state index contributed by atoms with van der Waals surface area (Å²) in [5.41, 5.74) is 4.96. The fourth-order valence-corrected chi connectivity index (χ4v) is 7.10. The lowest BCUT2D eigenvalue weighted by atomic mass is 9.76. The first-order valence-electron chi connectivity index (χ1n) is 11.4. The summed E-state index contributed by atoms with van der Waals surface area (Å²) in [4.78, 5) is 31.5. The highest BCUT2D eigenvalue weighted by atomic mass is 79.9. The Kier molecular flexibility index (Phi) is 6.57. The van der Waals surface area contributed by atoms with Crippen LogP contribution < -0.4 is 0 Å². The lowest BCUT2D eigenvalue weighted by Crippen LogP contribution is -2.41. The summed E-state index contributed by atoms with van der Waals surface area (Å²) in [6.07, 6.45) is 6.14. The number of methoxy groups -OCH3 is 1. The highest BCUT2D eigenvalue weighted by molar-refractivity contribution is 9.10. The second kappa shape index (κ2) is 9.31. The molecule has 1 saturated carbocycles. The molecule has 2 aliphatic carbocycles. The van der Waals surface area contributed by atoms with Crippen molar-refractivity contribution in [1.82, 2.24) is 9.88 Å². The second-order valence-electron chi connectivity index (χ2n) is 9.27. The van der Waals surface area contributed by atoms with Crippen molar-refractivity contribution in [3.63, 3.8) is 0 Å². The second-order valence-corrected chi connectivity index (χ2v) is 11.5. The molecule has 3 atom stereocenters. The Morgan fingerprint density at radius 2 is 1.82 bits per heavy atom. The Balaban J connectivity index is 1.41. The molecule has 1 aliphatic heterocycles. The number of esters is 1. The van der Waals surface area contributed by atoms with Crippen molar-refractivity contribution in [2.75, 3.05) is 20.2 Å². The maximum Gasteiger partial charge on any atom is 0.309 e. The normalized spacial score (nSPS) is 24.5. The summed E-state index contributed by atoms with van der Waals surface area (Å²) in [6, 6.07) is 6.26. The van der Waals surface area contributed by atoms with Crippen LogP contribution in [0.3, 0.4) is 0 Å². The zero-order valence-electron chi connectivity index (χ0n) is 18.3. The van der Waals surface area contributed by atoms with Crippen LogP contribution in [0.5, 0.6) is 0 Å². The summed E-state index contributed by atoms with van der Waals surface area (Å²) in [6.45, 7) is 1.41. The number of aryl methyl sites for hydroxylation is 2. The van der Waals surface area contributed by atoms with Crippen LogP contribution in [0.4, 0.5) is 0 Å². The third kappa shape index (κ3) is 4.48. The number of aromatic nitrogens is 1. The minimum absolute atomic E-state index is 0.0977. The predicted octanol–water partition coefficient (Wildman–Crippen LogP) is 5.54. The van der Waals surface area contributed by atoms with Gasteiger partial charge in [0.2, 0.25) is 5.91 Å². The Bertz CT molecular complexity index is 1120. The number of halogens is 3. The van der Waals surface area contributed by atoms with Gasteiger partial charge < -0.3 is 9.64 Å². The van der Waals surface area contributed by atoms with E-state index in [-0.39, 0.29) is 29.6 Å². The molecule has 0 N–H and O–H groups in total. The van der Waals surface area contributed by atoms with Gasteiger partial charge in [-0.3, -0.25) is 14.6 Å². The van der Waals surface area contributed by atoms with Crippen molar-refractivity contribution >= 4 is 55.3 Å². The molecule has 2 heterocycles. The number of piperidine rings is 1. The van der Waals surface area contributed by atoms with Gasteiger partial charge in [0, 0.05) is 39.2 Å². The van der Waals surface area contributed by atoms with Gasteiger partial charge in [-0.2, -0.15) is 0 Å². The van der Waals surface area contributed by atoms with Crippen LogP contribution in [-0.4, -0.2) is 42.0 Å². The quantitative estimate of drug-likeness (QED) is 0.437. The first kappa shape index (κ1) is 23.3. The van der Waals surface area contributed by atoms with E-state index in [9.17, 15) is 9.59 Å². The van der Waals surface area contributed by atoms with Gasteiger partial charge in [-0.1, -0.05) is 27.5 Å². The number of likely N-dealkylation sites (tertiary alicyclic amines) is 1. The molecule has 1 saturated heterocycles. The lowest BCUT2D eigenvalue weighted by molar-refractivity contribution is -0.145. The SMILES string of the molecule is COC(=O)C1C[C@@H]1C(=O)N1CCC([C@H]2c3ncc(Br)cc3CCc3cc(Cl)cc(Br)c32)CC1. The summed E-state index contributed by atoms with van der Waals surface area (Å²) in [7, 11) is 1.38. The highest BCUT2D eigenvalue weighted by Crippen LogP contribution is 2.47. The molecular formula is C25H25Br2ClN2O3. The van der Waals surface area contributed by atoms with Crippen molar-refractivity contribution in [3.8, 4) is 0 Å². The number of hydrogen-bond donors (Lipinski definition) is 0. The Morgan fingerprint density at radius 1 is 1.09 bits per heavy atom. The average molecular weight is 597 g/mol. The molecule has 1 aromatic carbocycles. The molecule has 0 spiro atoms. The van der Waals surface area contributed by atoms with Gasteiger partial charge in [-0.05, 0) is 88.8 Å². The maximum absolute atomic E-state index is 12.9. The maximum atomic E-state index is 12.9. The third-order valence-corrected chi connectivity index (χ3v) is 8.66. The fourth-order valence-electron chi connectivity index (χ4n) is 5.60. The van der Waals surface area contributed by atoms with Crippen LogP contribution in [-0.2, 0) is 27.2 Å². The Morgan fingerprint density at radius 3 is 2.55 bits per heavy atom. The van der Waals surface area contributed by atoms with Crippen molar-refractivity contribution < 1.29 is 14.3 Å². The Labute approximate surface area is 215 Å². The minimum Gasteiger partial charge on any atom is -0.469 e. The molecular weight excluding hydrogens is 572 g/mol. The molecule has 5 rings (SSSR count). The number of hydrogen-bond acceptors (Lipinski definition) is 4. The average Bonchev–Trinajstić information content (AvgIpc) is 3.61. The molecule has 174 valence electrons. The molecule has 0 radical (unpaired) electrons. The summed E-state index contributed by atoms with van der Waals surface area (Å²) >= 11 is 13.8. The van der Waals surface area contributed by atoms with E-state index in [0.29, 0.717) is 25.4 Å². The number of benzene rings is 1. The van der Waals surface area contributed by atoms with E-state index >= 15 is 0 Å². The predicted molar refractivity (Wildman–Crippen MR) is 133 cm³/mol. The number of rotatable bonds is 3. The minimum atomic E-state index is -0.268. The van der Waals surface area contributed by atoms with E-state index in [2.05, 4.69) is 44.0 Å². The molecule has 1 amide bonds. The Hall–Kier alpha value is -1.44. The fraction of sp³-hybridized carbons (Fsp3) is 0.480. The molecule has 3 aliphatic rings. The molecule has 5 nitrogen and oxygen atoms in total. The topological polar surface area (TPSA) is 59.5 Å². The zero-order valence-corrected chi connectivity index (χ0v) is 22.2. The molecule has 2 aromatic rings. The van der Waals surface area contributed by atoms with Crippen LogP contribution in [0.2, 0.25) is 5.02 Å². The standard InChI is InChI=1S/C25H25Br2ClN2O3/c1-33-25(32)19-11-18(19)24(31)30-6-4-13(5-7-30)22-21-14(9-17(28)10-20(21)27)2-3-15-8-16(26)12-29-23(15)22/h8-10,12-13,18-19,22H,2-7,11H2,1H3/t18-,19?,22+/m0/s1. The third-order valence-electron chi connectivity index (χ3n) is 7.35. The number of fused-ring (bicyclic) bond motifs is 2. The van der Waals surface area contributed by atoms with Crippen LogP contribution >= 0.6 is 43.5 Å². The van der Waals surface area contributed by atoms with Gasteiger partial charge in [0.05, 0.1) is 24.6 Å². The molecule has 1 aromatic heterocycles. The molecule has 1 unspecified atom stereocenters. The summed E-state index contributed by atoms with van der Waals surface area (Å²) < 4.78 is 6.84. The number of amides is 1. The molecule has 8 heteroatoms. The number of carbonyl (C=O) groups is 2. The number of ether oxygens (including phenoxy) is 1. The van der Waals surface area contributed by atoms with Gasteiger partial charge >= 0.3 is 5.97 Å². The van der Waals surface area contributed by atoms with Crippen molar-refractivity contribution in [1.29, 1.82) is 0 Å². The monoisotopic (exact) mass is 594 g/mol. The lowest BCUT2D eigenvalue weighted by Gasteiger charge is -2.37. The van der Waals surface area contributed by atoms with E-state index < -0.39 is 0 Å². The van der Waals surface area contributed by atoms with Gasteiger partial charge in [-0.15, -0.1) is 0 Å². The summed E-state index contributed by atoms with van der Waals surface area (Å²) in [5, 5.41) is 0.740. The van der Waals surface area contributed by atoms with Crippen LogP contribution in [0.25, 0.3) is 0 Å². The van der Waals surface area contributed by atoms with Gasteiger partial charge in [0.15, 0.2) is 0 Å². The zero-order chi connectivity index (χ0) is 23.3. The van der Waals surface area contributed by atoms with E-state index in [1.54, 1.807) is 0 Å². The van der Waals surface area contributed by atoms with Gasteiger partial charge in [-0.25, -0.2) is 0 Å². The highest BCUT2D eigenvalue weighted by Gasteiger charge is 2.51. The van der Waals surface area contributed by atoms with Crippen LogP contribution in [0.1, 0.15) is 47.6 Å². The number of pyridine rings is 1.